The first-order valence-corrected chi connectivity index (χ1v) is 9.56. The summed E-state index contributed by atoms with van der Waals surface area (Å²) in [7, 11) is 0. The molecule has 0 saturated heterocycles. The van der Waals surface area contributed by atoms with E-state index < -0.39 is 5.92 Å². The summed E-state index contributed by atoms with van der Waals surface area (Å²) in [5, 5.41) is 9.68. The number of benzene rings is 1. The van der Waals surface area contributed by atoms with Crippen molar-refractivity contribution in [3.05, 3.63) is 52.5 Å². The summed E-state index contributed by atoms with van der Waals surface area (Å²) in [6.07, 6.45) is 2.28. The molecular formula is C23H26O4. The van der Waals surface area contributed by atoms with Crippen LogP contribution in [0.25, 0.3) is 0 Å². The highest BCUT2D eigenvalue weighted by Gasteiger charge is 2.47. The number of ether oxygens (including phenoxy) is 1. The Morgan fingerprint density at radius 3 is 1.70 bits per heavy atom. The quantitative estimate of drug-likeness (QED) is 0.776. The van der Waals surface area contributed by atoms with E-state index in [0.717, 1.165) is 17.1 Å². The van der Waals surface area contributed by atoms with Crippen molar-refractivity contribution in [1.82, 2.24) is 0 Å². The summed E-state index contributed by atoms with van der Waals surface area (Å²) < 4.78 is 6.25. The molecule has 0 fully saturated rings. The molecule has 142 valence electrons. The van der Waals surface area contributed by atoms with Crippen molar-refractivity contribution in [3.63, 3.8) is 0 Å². The average Bonchev–Trinajstić information content (AvgIpc) is 2.51. The van der Waals surface area contributed by atoms with Crippen molar-refractivity contribution >= 4 is 11.6 Å². The Morgan fingerprint density at radius 1 is 0.815 bits per heavy atom. The van der Waals surface area contributed by atoms with Crippen LogP contribution in [0.5, 0.6) is 5.75 Å². The number of phenolic OH excluding ortho intramolecular Hbond substituents is 1. The lowest BCUT2D eigenvalue weighted by Crippen LogP contribution is -2.37. The molecule has 1 aromatic carbocycles. The molecule has 1 N–H and O–H groups in total. The monoisotopic (exact) mass is 366 g/mol. The van der Waals surface area contributed by atoms with Crippen LogP contribution in [-0.2, 0) is 14.3 Å². The SMILES string of the molecule is CC1(C)CC(=O)C2=C(C1)OC1=C(C(=O)CC(C)(C)C1)C2c1ccc(O)cc1. The van der Waals surface area contributed by atoms with E-state index in [9.17, 15) is 14.7 Å². The fourth-order valence-electron chi connectivity index (χ4n) is 4.67. The second-order valence-corrected chi connectivity index (χ2v) is 9.68. The van der Waals surface area contributed by atoms with Gasteiger partial charge in [0.1, 0.15) is 17.3 Å². The second kappa shape index (κ2) is 5.82. The lowest BCUT2D eigenvalue weighted by atomic mass is 9.65. The number of aromatic hydroxyl groups is 1. The standard InChI is InChI=1S/C23H26O4/c1-22(2)9-15(25)20-17(11-22)27-18-12-23(3,4)10-16(26)21(18)19(20)13-5-7-14(24)8-6-13/h5-8,19,24H,9-12H2,1-4H3. The van der Waals surface area contributed by atoms with Crippen LogP contribution in [0.1, 0.15) is 64.9 Å². The lowest BCUT2D eigenvalue weighted by Gasteiger charge is -2.42. The molecule has 0 radical (unpaired) electrons. The smallest absolute Gasteiger partial charge is 0.163 e. The number of rotatable bonds is 1. The van der Waals surface area contributed by atoms with Crippen molar-refractivity contribution in [2.45, 2.75) is 59.3 Å². The van der Waals surface area contributed by atoms with Crippen LogP contribution in [0.2, 0.25) is 0 Å². The van der Waals surface area contributed by atoms with Crippen molar-refractivity contribution < 1.29 is 19.4 Å². The molecule has 27 heavy (non-hydrogen) atoms. The third kappa shape index (κ3) is 3.11. The largest absolute Gasteiger partial charge is 0.508 e. The van der Waals surface area contributed by atoms with Gasteiger partial charge < -0.3 is 9.84 Å². The third-order valence-corrected chi connectivity index (χ3v) is 5.81. The zero-order valence-electron chi connectivity index (χ0n) is 16.4. The Labute approximate surface area is 159 Å². The van der Waals surface area contributed by atoms with Crippen molar-refractivity contribution in [2.75, 3.05) is 0 Å². The zero-order chi connectivity index (χ0) is 19.6. The molecule has 0 aromatic heterocycles. The highest BCUT2D eigenvalue weighted by molar-refractivity contribution is 6.06. The molecule has 1 heterocycles. The normalized spacial score (nSPS) is 24.4. The van der Waals surface area contributed by atoms with Gasteiger partial charge in [0.25, 0.3) is 0 Å². The van der Waals surface area contributed by atoms with Crippen LogP contribution in [-0.4, -0.2) is 16.7 Å². The van der Waals surface area contributed by atoms with Crippen LogP contribution in [0, 0.1) is 10.8 Å². The molecule has 0 saturated carbocycles. The number of allylic oxidation sites excluding steroid dienone is 4. The molecule has 1 aromatic rings. The molecule has 0 amide bonds. The fourth-order valence-corrected chi connectivity index (χ4v) is 4.67. The minimum Gasteiger partial charge on any atom is -0.508 e. The summed E-state index contributed by atoms with van der Waals surface area (Å²) in [5.41, 5.74) is 1.82. The highest BCUT2D eigenvalue weighted by Crippen LogP contribution is 2.53. The van der Waals surface area contributed by atoms with E-state index in [1.54, 1.807) is 24.3 Å². The highest BCUT2D eigenvalue weighted by atomic mass is 16.5. The van der Waals surface area contributed by atoms with E-state index in [-0.39, 0.29) is 28.1 Å². The Bertz CT molecular complexity index is 845. The Hall–Kier alpha value is -2.36. The second-order valence-electron chi connectivity index (χ2n) is 9.68. The first-order chi connectivity index (χ1) is 12.6. The Kier molecular flexibility index (Phi) is 3.88. The van der Waals surface area contributed by atoms with Gasteiger partial charge in [-0.05, 0) is 28.5 Å². The minimum absolute atomic E-state index is 0.0588. The predicted octanol–water partition coefficient (Wildman–Crippen LogP) is 4.79. The van der Waals surface area contributed by atoms with E-state index in [0.29, 0.717) is 36.8 Å². The molecule has 0 atom stereocenters. The van der Waals surface area contributed by atoms with Gasteiger partial charge >= 0.3 is 0 Å². The van der Waals surface area contributed by atoms with E-state index in [1.807, 2.05) is 0 Å². The summed E-state index contributed by atoms with van der Waals surface area (Å²) >= 11 is 0. The summed E-state index contributed by atoms with van der Waals surface area (Å²) in [5.74, 6) is 1.34. The van der Waals surface area contributed by atoms with Gasteiger partial charge in [0.15, 0.2) is 11.6 Å². The first kappa shape index (κ1) is 18.0. The minimum atomic E-state index is -0.392. The van der Waals surface area contributed by atoms with E-state index in [4.69, 9.17) is 4.74 Å². The molecule has 0 spiro atoms. The molecular weight excluding hydrogens is 340 g/mol. The molecule has 3 aliphatic rings. The molecule has 4 heteroatoms. The number of phenols is 1. The number of hydrogen-bond donors (Lipinski definition) is 1. The first-order valence-electron chi connectivity index (χ1n) is 9.56. The Balaban J connectivity index is 1.90. The number of ketones is 2. The van der Waals surface area contributed by atoms with Gasteiger partial charge in [-0.3, -0.25) is 9.59 Å². The maximum Gasteiger partial charge on any atom is 0.163 e. The molecule has 4 nitrogen and oxygen atoms in total. The molecule has 0 bridgehead atoms. The maximum absolute atomic E-state index is 13.1. The van der Waals surface area contributed by atoms with Crippen molar-refractivity contribution in [2.24, 2.45) is 10.8 Å². The molecule has 4 rings (SSSR count). The fraction of sp³-hybridized carbons (Fsp3) is 0.478. The van der Waals surface area contributed by atoms with E-state index in [1.165, 1.54) is 0 Å². The van der Waals surface area contributed by atoms with Gasteiger partial charge in [0, 0.05) is 42.7 Å². The summed E-state index contributed by atoms with van der Waals surface area (Å²) in [6, 6.07) is 6.83. The van der Waals surface area contributed by atoms with Crippen molar-refractivity contribution in [1.29, 1.82) is 0 Å². The van der Waals surface area contributed by atoms with E-state index in [2.05, 4.69) is 27.7 Å². The van der Waals surface area contributed by atoms with Gasteiger partial charge in [-0.2, -0.15) is 0 Å². The van der Waals surface area contributed by atoms with Crippen LogP contribution in [0.15, 0.2) is 46.9 Å². The number of carbonyl (C=O) groups excluding carboxylic acids is 2. The van der Waals surface area contributed by atoms with Gasteiger partial charge in [0.05, 0.1) is 0 Å². The van der Waals surface area contributed by atoms with Crippen molar-refractivity contribution in [3.8, 4) is 5.75 Å². The molecule has 1 aliphatic heterocycles. The summed E-state index contributed by atoms with van der Waals surface area (Å²) in [6.45, 7) is 8.31. The predicted molar refractivity (Wildman–Crippen MR) is 102 cm³/mol. The van der Waals surface area contributed by atoms with Crippen LogP contribution < -0.4 is 0 Å². The Morgan fingerprint density at radius 2 is 1.26 bits per heavy atom. The van der Waals surface area contributed by atoms with Crippen LogP contribution >= 0.6 is 0 Å². The maximum atomic E-state index is 13.1. The lowest BCUT2D eigenvalue weighted by molar-refractivity contribution is -0.120. The zero-order valence-corrected chi connectivity index (χ0v) is 16.4. The van der Waals surface area contributed by atoms with Gasteiger partial charge in [-0.25, -0.2) is 0 Å². The molecule has 2 aliphatic carbocycles. The average molecular weight is 366 g/mol. The van der Waals surface area contributed by atoms with Crippen LogP contribution in [0.4, 0.5) is 0 Å². The van der Waals surface area contributed by atoms with Crippen LogP contribution in [0.3, 0.4) is 0 Å². The molecule has 0 unspecified atom stereocenters. The van der Waals surface area contributed by atoms with E-state index >= 15 is 0 Å². The topological polar surface area (TPSA) is 63.6 Å². The third-order valence-electron chi connectivity index (χ3n) is 5.81. The van der Waals surface area contributed by atoms with Gasteiger partial charge in [-0.15, -0.1) is 0 Å². The van der Waals surface area contributed by atoms with Gasteiger partial charge in [0.2, 0.25) is 0 Å². The number of hydrogen-bond acceptors (Lipinski definition) is 4. The number of carbonyl (C=O) groups is 2. The summed E-state index contributed by atoms with van der Waals surface area (Å²) in [4.78, 5) is 26.2. The van der Waals surface area contributed by atoms with Gasteiger partial charge in [-0.1, -0.05) is 39.8 Å². The number of Topliss-reactive ketones (excluding diaryl/α,β-unsaturated/α-hetero) is 2.